The summed E-state index contributed by atoms with van der Waals surface area (Å²) in [5, 5.41) is 17.3. The fourth-order valence-corrected chi connectivity index (χ4v) is 4.18. The fourth-order valence-electron chi connectivity index (χ4n) is 3.53. The minimum atomic E-state index is -0.814. The molecule has 124 valence electrons. The van der Waals surface area contributed by atoms with Gasteiger partial charge in [-0.2, -0.15) is 0 Å². The number of aliphatic carboxylic acids is 1. The molecule has 0 spiro atoms. The van der Waals surface area contributed by atoms with Gasteiger partial charge in [-0.15, -0.1) is 10.2 Å². The normalized spacial score (nSPS) is 22.5. The summed E-state index contributed by atoms with van der Waals surface area (Å²) in [6.07, 6.45) is 15.0. The Bertz CT molecular complexity index is 812. The van der Waals surface area contributed by atoms with Gasteiger partial charge in [-0.3, -0.25) is 9.36 Å². The highest BCUT2D eigenvalue weighted by molar-refractivity contribution is 14.1. The summed E-state index contributed by atoms with van der Waals surface area (Å²) >= 11 is 2.17. The number of fused-ring (bicyclic) bond motifs is 1. The molecule has 0 radical (unpaired) electrons. The van der Waals surface area contributed by atoms with Crippen molar-refractivity contribution < 1.29 is 9.90 Å². The van der Waals surface area contributed by atoms with Gasteiger partial charge in [-0.25, -0.2) is 0 Å². The summed E-state index contributed by atoms with van der Waals surface area (Å²) in [5.41, 5.74) is 3.83. The second-order valence-corrected chi connectivity index (χ2v) is 7.42. The van der Waals surface area contributed by atoms with Crippen molar-refractivity contribution in [3.8, 4) is 0 Å². The standard InChI is InChI=1S/C18H18IN3O2/c19-18-21-20-16(9-10-17(23)24)22(18)15-8-7-12(11-5-6-11)13-3-1-2-4-14(13)15/h1-3,7-8,11-12H,4-6,9-10H2,(H,23,24). The van der Waals surface area contributed by atoms with E-state index < -0.39 is 5.97 Å². The summed E-state index contributed by atoms with van der Waals surface area (Å²) < 4.78 is 2.80. The zero-order valence-corrected chi connectivity index (χ0v) is 15.3. The Morgan fingerprint density at radius 3 is 2.96 bits per heavy atom. The van der Waals surface area contributed by atoms with Crippen molar-refractivity contribution in [2.75, 3.05) is 0 Å². The topological polar surface area (TPSA) is 68.0 Å². The summed E-state index contributed by atoms with van der Waals surface area (Å²) in [7, 11) is 0. The van der Waals surface area contributed by atoms with Gasteiger partial charge in [0.05, 0.1) is 12.1 Å². The quantitative estimate of drug-likeness (QED) is 0.718. The van der Waals surface area contributed by atoms with E-state index in [-0.39, 0.29) is 6.42 Å². The van der Waals surface area contributed by atoms with E-state index in [2.05, 4.69) is 63.2 Å². The van der Waals surface area contributed by atoms with Gasteiger partial charge in [-0.1, -0.05) is 24.3 Å². The number of carboxylic acid groups (broad SMARTS) is 1. The Balaban J connectivity index is 1.75. The van der Waals surface area contributed by atoms with E-state index in [1.54, 1.807) is 0 Å². The van der Waals surface area contributed by atoms with Crippen LogP contribution in [0.4, 0.5) is 0 Å². The second-order valence-electron chi connectivity index (χ2n) is 6.45. The lowest BCUT2D eigenvalue weighted by atomic mass is 9.80. The van der Waals surface area contributed by atoms with Crippen molar-refractivity contribution in [1.82, 2.24) is 14.8 Å². The number of aromatic nitrogens is 3. The Morgan fingerprint density at radius 2 is 2.21 bits per heavy atom. The third-order valence-electron chi connectivity index (χ3n) is 4.84. The summed E-state index contributed by atoms with van der Waals surface area (Å²) in [5.74, 6) is 1.20. The molecular formula is C18H18IN3O2. The molecular weight excluding hydrogens is 417 g/mol. The first-order valence-electron chi connectivity index (χ1n) is 8.25. The Morgan fingerprint density at radius 1 is 1.38 bits per heavy atom. The highest BCUT2D eigenvalue weighted by Gasteiger charge is 2.36. The van der Waals surface area contributed by atoms with Gasteiger partial charge in [-0.05, 0) is 42.4 Å². The molecule has 0 aliphatic heterocycles. The monoisotopic (exact) mass is 435 g/mol. The minimum absolute atomic E-state index is 0.0639. The zero-order chi connectivity index (χ0) is 16.7. The Labute approximate surface area is 154 Å². The number of carboxylic acids is 1. The molecule has 3 aliphatic rings. The third kappa shape index (κ3) is 2.87. The maximum atomic E-state index is 10.9. The van der Waals surface area contributed by atoms with E-state index in [1.807, 2.05) is 4.57 Å². The van der Waals surface area contributed by atoms with Crippen molar-refractivity contribution in [3.63, 3.8) is 0 Å². The molecule has 3 aliphatic carbocycles. The predicted octanol–water partition coefficient (Wildman–Crippen LogP) is 3.59. The number of rotatable bonds is 5. The smallest absolute Gasteiger partial charge is 0.303 e. The van der Waals surface area contributed by atoms with Crippen LogP contribution in [0.2, 0.25) is 0 Å². The molecule has 1 aromatic heterocycles. The molecule has 24 heavy (non-hydrogen) atoms. The van der Waals surface area contributed by atoms with E-state index in [0.29, 0.717) is 18.2 Å². The van der Waals surface area contributed by atoms with Crippen molar-refractivity contribution in [1.29, 1.82) is 0 Å². The maximum absolute atomic E-state index is 10.9. The first kappa shape index (κ1) is 15.8. The molecule has 0 aromatic carbocycles. The van der Waals surface area contributed by atoms with Gasteiger partial charge in [0.15, 0.2) is 3.83 Å². The first-order chi connectivity index (χ1) is 11.6. The van der Waals surface area contributed by atoms with E-state index in [1.165, 1.54) is 24.0 Å². The summed E-state index contributed by atoms with van der Waals surface area (Å²) in [4.78, 5) is 10.9. The van der Waals surface area contributed by atoms with Gasteiger partial charge >= 0.3 is 5.97 Å². The lowest BCUT2D eigenvalue weighted by Crippen LogP contribution is -2.17. The lowest BCUT2D eigenvalue weighted by Gasteiger charge is -2.28. The van der Waals surface area contributed by atoms with E-state index in [4.69, 9.17) is 5.11 Å². The van der Waals surface area contributed by atoms with Crippen LogP contribution in [0.3, 0.4) is 0 Å². The zero-order valence-electron chi connectivity index (χ0n) is 13.2. The molecule has 1 aromatic rings. The molecule has 1 unspecified atom stereocenters. The van der Waals surface area contributed by atoms with Crippen LogP contribution in [0.5, 0.6) is 0 Å². The maximum Gasteiger partial charge on any atom is 0.303 e. The Kier molecular flexibility index (Phi) is 4.15. The average molecular weight is 435 g/mol. The van der Waals surface area contributed by atoms with Gasteiger partial charge in [0.1, 0.15) is 5.82 Å². The number of aryl methyl sites for hydroxylation is 1. The molecule has 1 atom stereocenters. The van der Waals surface area contributed by atoms with Gasteiger partial charge in [0.2, 0.25) is 0 Å². The highest BCUT2D eigenvalue weighted by atomic mass is 127. The van der Waals surface area contributed by atoms with E-state index >= 15 is 0 Å². The van der Waals surface area contributed by atoms with Crippen LogP contribution in [0.15, 0.2) is 41.5 Å². The van der Waals surface area contributed by atoms with Crippen molar-refractivity contribution in [3.05, 3.63) is 51.2 Å². The molecule has 6 heteroatoms. The van der Waals surface area contributed by atoms with Crippen molar-refractivity contribution >= 4 is 34.3 Å². The Hall–Kier alpha value is -1.70. The number of nitrogens with zero attached hydrogens (tertiary/aromatic N) is 3. The largest absolute Gasteiger partial charge is 0.481 e. The van der Waals surface area contributed by atoms with Crippen molar-refractivity contribution in [2.24, 2.45) is 11.8 Å². The number of hydrogen-bond acceptors (Lipinski definition) is 3. The van der Waals surface area contributed by atoms with Crippen LogP contribution >= 0.6 is 22.6 Å². The van der Waals surface area contributed by atoms with Crippen LogP contribution < -0.4 is 0 Å². The van der Waals surface area contributed by atoms with Gasteiger partial charge in [0.25, 0.3) is 0 Å². The minimum Gasteiger partial charge on any atom is -0.481 e. The average Bonchev–Trinajstić information content (AvgIpc) is 3.35. The van der Waals surface area contributed by atoms with Crippen LogP contribution in [0.1, 0.15) is 31.5 Å². The molecule has 4 rings (SSSR count). The fraction of sp³-hybridized carbons (Fsp3) is 0.389. The molecule has 1 fully saturated rings. The highest BCUT2D eigenvalue weighted by Crippen LogP contribution is 2.48. The number of allylic oxidation sites excluding steroid dienone is 8. The van der Waals surface area contributed by atoms with Gasteiger partial charge < -0.3 is 5.11 Å². The molecule has 1 N–H and O–H groups in total. The summed E-state index contributed by atoms with van der Waals surface area (Å²) in [6.45, 7) is 0. The predicted molar refractivity (Wildman–Crippen MR) is 99.1 cm³/mol. The van der Waals surface area contributed by atoms with Crippen LogP contribution in [0, 0.1) is 15.7 Å². The molecule has 1 saturated carbocycles. The molecule has 1 heterocycles. The molecule has 0 saturated heterocycles. The van der Waals surface area contributed by atoms with E-state index in [0.717, 1.165) is 21.9 Å². The third-order valence-corrected chi connectivity index (χ3v) is 5.53. The number of halogens is 1. The van der Waals surface area contributed by atoms with Crippen LogP contribution in [-0.4, -0.2) is 25.8 Å². The molecule has 5 nitrogen and oxygen atoms in total. The van der Waals surface area contributed by atoms with Crippen LogP contribution in [0.25, 0.3) is 5.70 Å². The molecule has 0 amide bonds. The van der Waals surface area contributed by atoms with E-state index in [9.17, 15) is 4.79 Å². The lowest BCUT2D eigenvalue weighted by molar-refractivity contribution is -0.137. The SMILES string of the molecule is O=C(O)CCc1nnc(I)n1C1=C2CC=CC=C2C(C2CC2)C=C1. The second kappa shape index (κ2) is 6.31. The van der Waals surface area contributed by atoms with Gasteiger partial charge in [0, 0.05) is 34.9 Å². The molecule has 0 bridgehead atoms. The van der Waals surface area contributed by atoms with Crippen LogP contribution in [-0.2, 0) is 11.2 Å². The van der Waals surface area contributed by atoms with Crippen molar-refractivity contribution in [2.45, 2.75) is 32.1 Å². The number of carbonyl (C=O) groups is 1. The first-order valence-corrected chi connectivity index (χ1v) is 9.33. The number of hydrogen-bond donors (Lipinski definition) is 1. The summed E-state index contributed by atoms with van der Waals surface area (Å²) in [6, 6.07) is 0.